The number of benzene rings is 3. The molecule has 6 rings (SSSR count). The van der Waals surface area contributed by atoms with Gasteiger partial charge in [0.05, 0.1) is 4.90 Å². The minimum absolute atomic E-state index is 0.417. The molecule has 6 heteroatoms. The van der Waals surface area contributed by atoms with Crippen LogP contribution in [0.15, 0.2) is 65.6 Å². The topological polar surface area (TPSA) is 43.9 Å². The molecule has 2 fully saturated rings. The van der Waals surface area contributed by atoms with Crippen molar-refractivity contribution in [2.45, 2.75) is 49.5 Å². The molecule has 2 heterocycles. The van der Waals surface area contributed by atoms with Crippen LogP contribution < -0.4 is 4.90 Å². The molecular formula is C29H35N3O2S. The van der Waals surface area contributed by atoms with Crippen molar-refractivity contribution < 1.29 is 8.42 Å². The zero-order chi connectivity index (χ0) is 23.8. The number of fused-ring (bicyclic) bond motifs is 2. The van der Waals surface area contributed by atoms with Gasteiger partial charge in [0.25, 0.3) is 0 Å². The fourth-order valence-corrected chi connectivity index (χ4v) is 7.94. The molecule has 0 aromatic heterocycles. The third kappa shape index (κ3) is 4.48. The summed E-state index contributed by atoms with van der Waals surface area (Å²) < 4.78 is 28.7. The lowest BCUT2D eigenvalue weighted by Gasteiger charge is -2.36. The highest BCUT2D eigenvalue weighted by molar-refractivity contribution is 7.89. The Balaban J connectivity index is 1.15. The van der Waals surface area contributed by atoms with Gasteiger partial charge in [-0.1, -0.05) is 55.3 Å². The van der Waals surface area contributed by atoms with E-state index in [1.165, 1.54) is 49.0 Å². The van der Waals surface area contributed by atoms with Crippen LogP contribution in [0.25, 0.3) is 10.8 Å². The maximum Gasteiger partial charge on any atom is 0.243 e. The summed E-state index contributed by atoms with van der Waals surface area (Å²) in [5.41, 5.74) is 4.21. The molecule has 1 saturated heterocycles. The largest absolute Gasteiger partial charge is 0.369 e. The summed E-state index contributed by atoms with van der Waals surface area (Å²) in [4.78, 5) is 5.50. The molecule has 1 aliphatic carbocycles. The second kappa shape index (κ2) is 9.57. The molecule has 0 unspecified atom stereocenters. The van der Waals surface area contributed by atoms with E-state index in [4.69, 9.17) is 0 Å². The Morgan fingerprint density at radius 2 is 1.43 bits per heavy atom. The van der Waals surface area contributed by atoms with E-state index in [1.807, 2.05) is 36.4 Å². The number of hydrogen-bond acceptors (Lipinski definition) is 4. The van der Waals surface area contributed by atoms with Gasteiger partial charge in [-0.05, 0) is 60.4 Å². The van der Waals surface area contributed by atoms with Crippen molar-refractivity contribution >= 4 is 26.5 Å². The monoisotopic (exact) mass is 489 g/mol. The minimum atomic E-state index is -3.53. The van der Waals surface area contributed by atoms with Gasteiger partial charge in [-0.2, -0.15) is 4.31 Å². The van der Waals surface area contributed by atoms with Gasteiger partial charge in [-0.3, -0.25) is 4.90 Å². The first-order valence-corrected chi connectivity index (χ1v) is 14.6. The van der Waals surface area contributed by atoms with Crippen LogP contribution in [0.4, 0.5) is 5.69 Å². The average molecular weight is 490 g/mol. The van der Waals surface area contributed by atoms with Crippen LogP contribution in [0.5, 0.6) is 0 Å². The highest BCUT2D eigenvalue weighted by atomic mass is 32.2. The predicted molar refractivity (Wildman–Crippen MR) is 143 cm³/mol. The molecule has 0 atom stereocenters. The van der Waals surface area contributed by atoms with E-state index in [1.54, 1.807) is 10.4 Å². The van der Waals surface area contributed by atoms with E-state index < -0.39 is 10.0 Å². The molecule has 3 aromatic rings. The maximum absolute atomic E-state index is 13.5. The van der Waals surface area contributed by atoms with Crippen LogP contribution in [0.1, 0.15) is 36.8 Å². The van der Waals surface area contributed by atoms with E-state index in [9.17, 15) is 8.42 Å². The normalized spacial score (nSPS) is 20.7. The van der Waals surface area contributed by atoms with Crippen molar-refractivity contribution in [3.05, 3.63) is 71.8 Å². The maximum atomic E-state index is 13.5. The van der Waals surface area contributed by atoms with Crippen molar-refractivity contribution in [3.8, 4) is 0 Å². The van der Waals surface area contributed by atoms with Crippen LogP contribution in [-0.2, 0) is 22.9 Å². The molecule has 3 aromatic carbocycles. The Bertz CT molecular complexity index is 1300. The fraction of sp³-hybridized carbons (Fsp3) is 0.448. The quantitative estimate of drug-likeness (QED) is 0.533. The van der Waals surface area contributed by atoms with Gasteiger partial charge >= 0.3 is 0 Å². The molecule has 0 bridgehead atoms. The zero-order valence-corrected chi connectivity index (χ0v) is 21.2. The van der Waals surface area contributed by atoms with Gasteiger partial charge in [0.1, 0.15) is 0 Å². The Morgan fingerprint density at radius 1 is 0.714 bits per heavy atom. The zero-order valence-electron chi connectivity index (χ0n) is 20.4. The number of piperazine rings is 1. The third-order valence-electron chi connectivity index (χ3n) is 8.34. The summed E-state index contributed by atoms with van der Waals surface area (Å²) in [6.45, 7) is 4.81. The van der Waals surface area contributed by atoms with Crippen LogP contribution in [0.3, 0.4) is 0 Å². The van der Waals surface area contributed by atoms with E-state index >= 15 is 0 Å². The van der Waals surface area contributed by atoms with Crippen LogP contribution in [0.2, 0.25) is 0 Å². The number of anilines is 1. The smallest absolute Gasteiger partial charge is 0.243 e. The first-order valence-electron chi connectivity index (χ1n) is 13.2. The van der Waals surface area contributed by atoms with Gasteiger partial charge in [0.15, 0.2) is 0 Å². The molecular weight excluding hydrogens is 454 g/mol. The molecule has 2 aliphatic heterocycles. The lowest BCUT2D eigenvalue weighted by Crippen LogP contribution is -2.48. The minimum Gasteiger partial charge on any atom is -0.369 e. The number of rotatable bonds is 4. The van der Waals surface area contributed by atoms with Gasteiger partial charge in [-0.15, -0.1) is 0 Å². The van der Waals surface area contributed by atoms with Crippen molar-refractivity contribution in [2.24, 2.45) is 0 Å². The van der Waals surface area contributed by atoms with E-state index in [0.717, 1.165) is 49.3 Å². The molecule has 184 valence electrons. The molecule has 35 heavy (non-hydrogen) atoms. The lowest BCUT2D eigenvalue weighted by molar-refractivity contribution is 0.208. The second-order valence-corrected chi connectivity index (χ2v) is 12.2. The third-order valence-corrected chi connectivity index (χ3v) is 10.3. The Kier molecular flexibility index (Phi) is 6.29. The number of nitrogens with zero attached hydrogens (tertiary/aromatic N) is 3. The van der Waals surface area contributed by atoms with Crippen molar-refractivity contribution in [1.29, 1.82) is 0 Å². The summed E-state index contributed by atoms with van der Waals surface area (Å²) in [6, 6.07) is 21.0. The Morgan fingerprint density at radius 3 is 2.23 bits per heavy atom. The molecule has 0 N–H and O–H groups in total. The predicted octanol–water partition coefficient (Wildman–Crippen LogP) is 4.69. The van der Waals surface area contributed by atoms with Crippen LogP contribution in [0, 0.1) is 0 Å². The Labute approximate surface area is 209 Å². The van der Waals surface area contributed by atoms with Crippen LogP contribution in [-0.4, -0.2) is 62.9 Å². The van der Waals surface area contributed by atoms with Crippen molar-refractivity contribution in [3.63, 3.8) is 0 Å². The van der Waals surface area contributed by atoms with Gasteiger partial charge in [-0.25, -0.2) is 8.42 Å². The highest BCUT2D eigenvalue weighted by Crippen LogP contribution is 2.30. The first-order chi connectivity index (χ1) is 17.1. The fourth-order valence-electron chi connectivity index (χ4n) is 6.31. The standard InChI is InChI=1S/C29H35N3O2S/c33-35(34,29-11-5-7-24-6-1-4-10-28(24)29)32-20-18-31(19-21-32)27-13-12-23-14-16-30(17-15-25(23)22-27)26-8-2-3-9-26/h1,4-7,10-13,22,26H,2-3,8-9,14-21H2. The Hall–Kier alpha value is -2.41. The average Bonchev–Trinajstić information content (AvgIpc) is 3.35. The molecule has 1 saturated carbocycles. The first kappa shape index (κ1) is 23.0. The summed E-state index contributed by atoms with van der Waals surface area (Å²) in [7, 11) is -3.53. The molecule has 0 amide bonds. The van der Waals surface area contributed by atoms with E-state index in [0.29, 0.717) is 18.0 Å². The van der Waals surface area contributed by atoms with Crippen LogP contribution >= 0.6 is 0 Å². The number of hydrogen-bond donors (Lipinski definition) is 0. The summed E-state index contributed by atoms with van der Waals surface area (Å²) in [5, 5.41) is 1.76. The van der Waals surface area contributed by atoms with E-state index in [-0.39, 0.29) is 0 Å². The van der Waals surface area contributed by atoms with Gasteiger partial charge in [0.2, 0.25) is 10.0 Å². The molecule has 0 spiro atoms. The summed E-state index contributed by atoms with van der Waals surface area (Å²) >= 11 is 0. The molecule has 0 radical (unpaired) electrons. The van der Waals surface area contributed by atoms with Gasteiger partial charge < -0.3 is 4.90 Å². The highest BCUT2D eigenvalue weighted by Gasteiger charge is 2.30. The summed E-state index contributed by atoms with van der Waals surface area (Å²) in [6.07, 6.45) is 7.78. The lowest BCUT2D eigenvalue weighted by atomic mass is 10.0. The summed E-state index contributed by atoms with van der Waals surface area (Å²) in [5.74, 6) is 0. The number of sulfonamides is 1. The SMILES string of the molecule is O=S(=O)(c1cccc2ccccc12)N1CCN(c2ccc3c(c2)CCN(C2CCCC2)CC3)CC1. The van der Waals surface area contributed by atoms with Crippen molar-refractivity contribution in [2.75, 3.05) is 44.2 Å². The van der Waals surface area contributed by atoms with Gasteiger partial charge in [0, 0.05) is 56.4 Å². The van der Waals surface area contributed by atoms with E-state index in [2.05, 4.69) is 28.0 Å². The second-order valence-electron chi connectivity index (χ2n) is 10.3. The molecule has 5 nitrogen and oxygen atoms in total. The molecule has 3 aliphatic rings. The van der Waals surface area contributed by atoms with Crippen molar-refractivity contribution in [1.82, 2.24) is 9.21 Å².